The lowest BCUT2D eigenvalue weighted by Gasteiger charge is -2.16. The van der Waals surface area contributed by atoms with E-state index in [-0.39, 0.29) is 33.8 Å². The van der Waals surface area contributed by atoms with Crippen molar-refractivity contribution in [1.29, 1.82) is 15.8 Å². The summed E-state index contributed by atoms with van der Waals surface area (Å²) in [4.78, 5) is 10.3. The number of nitrogens with zero attached hydrogens (tertiary/aromatic N) is 6. The molecule has 4 aromatic carbocycles. The summed E-state index contributed by atoms with van der Waals surface area (Å²) in [5.74, 6) is -1.37. The number of para-hydroxylation sites is 1. The minimum absolute atomic E-state index is 0.156. The van der Waals surface area contributed by atoms with Crippen molar-refractivity contribution < 1.29 is 8.78 Å². The molecule has 0 unspecified atom stereocenters. The molecule has 6 rings (SSSR count). The largest absolute Gasteiger partial charge is 0.270 e. The number of hydrogen-bond acceptors (Lipinski definition) is 3. The lowest BCUT2D eigenvalue weighted by Crippen LogP contribution is -1.97. The second-order valence-electron chi connectivity index (χ2n) is 9.69. The first-order valence-electron chi connectivity index (χ1n) is 12.9. The van der Waals surface area contributed by atoms with Crippen LogP contribution < -0.4 is 0 Å². The van der Waals surface area contributed by atoms with E-state index in [0.29, 0.717) is 55.7 Å². The lowest BCUT2D eigenvalue weighted by molar-refractivity contribution is 0.624. The Morgan fingerprint density at radius 2 is 1.09 bits per heavy atom. The fraction of sp³-hybridized carbons (Fsp3) is 0. The molecule has 0 aromatic heterocycles. The first-order valence-corrected chi connectivity index (χ1v) is 12.9. The average molecular weight is 567 g/mol. The highest BCUT2D eigenvalue weighted by molar-refractivity contribution is 6.37. The number of allylic oxidation sites excluding steroid dienone is 6. The van der Waals surface area contributed by atoms with Crippen molar-refractivity contribution in [1.82, 2.24) is 0 Å². The molecule has 6 nitrogen and oxygen atoms in total. The van der Waals surface area contributed by atoms with Crippen LogP contribution in [0.25, 0.3) is 59.1 Å². The Bertz CT molecular complexity index is 2170. The van der Waals surface area contributed by atoms with Gasteiger partial charge >= 0.3 is 0 Å². The highest BCUT2D eigenvalue weighted by Gasteiger charge is 2.40. The van der Waals surface area contributed by atoms with E-state index in [2.05, 4.69) is 14.5 Å². The Morgan fingerprint density at radius 3 is 1.57 bits per heavy atom. The van der Waals surface area contributed by atoms with Gasteiger partial charge in [-0.15, -0.1) is 0 Å². The molecule has 0 radical (unpaired) electrons. The van der Waals surface area contributed by atoms with Gasteiger partial charge in [0.05, 0.1) is 37.4 Å². The van der Waals surface area contributed by atoms with E-state index in [4.69, 9.17) is 19.7 Å². The Labute approximate surface area is 250 Å². The fourth-order valence-corrected chi connectivity index (χ4v) is 5.84. The first kappa shape index (κ1) is 27.1. The molecule has 0 amide bonds. The summed E-state index contributed by atoms with van der Waals surface area (Å²) in [6.45, 7) is 23.1. The molecular formula is C36H12F2N6. The molecular weight excluding hydrogens is 554 g/mol. The second kappa shape index (κ2) is 10.4. The Kier molecular flexibility index (Phi) is 6.39. The van der Waals surface area contributed by atoms with Gasteiger partial charge in [0.15, 0.2) is 0 Å². The van der Waals surface area contributed by atoms with E-state index >= 15 is 0 Å². The maximum Gasteiger partial charge on any atom is 0.270 e. The fourth-order valence-electron chi connectivity index (χ4n) is 5.84. The summed E-state index contributed by atoms with van der Waals surface area (Å²) in [6.07, 6.45) is 0. The quantitative estimate of drug-likeness (QED) is 0.179. The van der Waals surface area contributed by atoms with Crippen LogP contribution in [0.2, 0.25) is 0 Å². The first-order chi connectivity index (χ1) is 21.4. The zero-order chi connectivity index (χ0) is 31.1. The molecule has 0 bridgehead atoms. The third-order valence-electron chi connectivity index (χ3n) is 7.62. The summed E-state index contributed by atoms with van der Waals surface area (Å²) in [6, 6.07) is 24.5. The molecule has 0 spiro atoms. The highest BCUT2D eigenvalue weighted by Crippen LogP contribution is 2.60. The topological polar surface area (TPSA) is 84.5 Å². The van der Waals surface area contributed by atoms with Gasteiger partial charge in [0.2, 0.25) is 5.69 Å². The van der Waals surface area contributed by atoms with Crippen LogP contribution in [0.3, 0.4) is 0 Å². The molecule has 200 valence electrons. The van der Waals surface area contributed by atoms with E-state index in [1.54, 1.807) is 48.5 Å². The van der Waals surface area contributed by atoms with Crippen molar-refractivity contribution >= 4 is 28.0 Å². The van der Waals surface area contributed by atoms with Crippen LogP contribution in [0.5, 0.6) is 0 Å². The van der Waals surface area contributed by atoms with E-state index in [1.165, 1.54) is 24.3 Å². The molecule has 0 fully saturated rings. The zero-order valence-corrected chi connectivity index (χ0v) is 22.4. The van der Waals surface area contributed by atoms with Gasteiger partial charge in [-0.1, -0.05) is 48.5 Å². The van der Waals surface area contributed by atoms with Crippen molar-refractivity contribution in [3.8, 4) is 40.5 Å². The molecule has 8 heteroatoms. The summed E-state index contributed by atoms with van der Waals surface area (Å²) in [5, 5.41) is 29.7. The van der Waals surface area contributed by atoms with Gasteiger partial charge in [0.1, 0.15) is 17.7 Å². The van der Waals surface area contributed by atoms with Crippen LogP contribution in [-0.2, 0) is 0 Å². The second-order valence-corrected chi connectivity index (χ2v) is 9.69. The summed E-state index contributed by atoms with van der Waals surface area (Å²) in [5.41, 5.74) is 4.36. The minimum atomic E-state index is -0.689. The summed E-state index contributed by atoms with van der Waals surface area (Å²) < 4.78 is 29.0. The van der Waals surface area contributed by atoms with Crippen LogP contribution in [0.15, 0.2) is 84.2 Å². The Morgan fingerprint density at radius 1 is 0.591 bits per heavy atom. The molecule has 0 atom stereocenters. The number of benzene rings is 4. The number of nitriles is 3. The lowest BCUT2D eigenvalue weighted by atomic mass is 9.87. The van der Waals surface area contributed by atoms with Crippen molar-refractivity contribution in [2.24, 2.45) is 0 Å². The Hall–Kier alpha value is -7.10. The van der Waals surface area contributed by atoms with Crippen molar-refractivity contribution in [2.75, 3.05) is 0 Å². The number of rotatable bonds is 2. The monoisotopic (exact) mass is 566 g/mol. The van der Waals surface area contributed by atoms with Gasteiger partial charge in [0, 0.05) is 16.7 Å². The van der Waals surface area contributed by atoms with E-state index < -0.39 is 11.6 Å². The Balaban J connectivity index is 1.67. The van der Waals surface area contributed by atoms with E-state index in [1.807, 2.05) is 18.2 Å². The maximum absolute atomic E-state index is 14.5. The van der Waals surface area contributed by atoms with Crippen molar-refractivity contribution in [3.05, 3.63) is 158 Å². The average Bonchev–Trinajstić information content (AvgIpc) is 3.54. The molecule has 0 heterocycles. The molecule has 4 aromatic rings. The van der Waals surface area contributed by atoms with Crippen molar-refractivity contribution in [2.45, 2.75) is 0 Å². The molecule has 2 aliphatic carbocycles. The standard InChI is InChI=1S/C36H12F2N6/c1-42-30(17-40)32-25-14-19(21-6-4-8-28(37)27(21)16-39)10-12-23(25)34-33(31(18-41)43-2)26-15-20(11-13-24(26)35(32)34)22-7-5-9-29(38)36(22)44-3/h4-15H/b32-30+,33-31-. The predicted molar refractivity (Wildman–Crippen MR) is 160 cm³/mol. The van der Waals surface area contributed by atoms with Crippen LogP contribution in [0.4, 0.5) is 14.5 Å². The number of halogens is 2. The normalized spacial score (nSPS) is 14.5. The molecule has 44 heavy (non-hydrogen) atoms. The van der Waals surface area contributed by atoms with Gasteiger partial charge < -0.3 is 0 Å². The SMILES string of the molecule is [C-]#[N+]/C(C#N)=C1C2=C(/C(=C(\C#N)[N+]#[C-])c3cc(-c4cccc(F)c4C#N)ccc32)c2ccc(-c3cccc(F)c3[N+]#[C-])cc2\1. The molecule has 0 saturated heterocycles. The molecule has 0 N–H and O–H groups in total. The molecule has 0 aliphatic heterocycles. The molecule has 2 aliphatic rings. The van der Waals surface area contributed by atoms with Crippen LogP contribution in [0.1, 0.15) is 27.8 Å². The summed E-state index contributed by atoms with van der Waals surface area (Å²) in [7, 11) is 0. The zero-order valence-electron chi connectivity index (χ0n) is 22.4. The number of hydrogen-bond donors (Lipinski definition) is 0. The van der Waals surface area contributed by atoms with Gasteiger partial charge in [0.25, 0.3) is 11.4 Å². The van der Waals surface area contributed by atoms with Crippen molar-refractivity contribution in [3.63, 3.8) is 0 Å². The smallest absolute Gasteiger partial charge is 0.234 e. The van der Waals surface area contributed by atoms with Crippen LogP contribution >= 0.6 is 0 Å². The van der Waals surface area contributed by atoms with Gasteiger partial charge in [-0.3, -0.25) is 0 Å². The van der Waals surface area contributed by atoms with E-state index in [0.717, 1.165) is 0 Å². The van der Waals surface area contributed by atoms with Gasteiger partial charge in [-0.2, -0.15) is 5.26 Å². The predicted octanol–water partition coefficient (Wildman–Crippen LogP) is 8.97. The van der Waals surface area contributed by atoms with Gasteiger partial charge in [-0.25, -0.2) is 33.8 Å². The van der Waals surface area contributed by atoms with E-state index in [9.17, 15) is 24.6 Å². The van der Waals surface area contributed by atoms with Crippen LogP contribution in [-0.4, -0.2) is 0 Å². The number of fused-ring (bicyclic) bond motifs is 4. The van der Waals surface area contributed by atoms with Crippen LogP contribution in [0, 0.1) is 65.3 Å². The summed E-state index contributed by atoms with van der Waals surface area (Å²) >= 11 is 0. The maximum atomic E-state index is 14.5. The minimum Gasteiger partial charge on any atom is -0.234 e. The molecule has 0 saturated carbocycles. The van der Waals surface area contributed by atoms with Gasteiger partial charge in [-0.05, 0) is 74.4 Å². The third kappa shape index (κ3) is 3.79. The highest BCUT2D eigenvalue weighted by atomic mass is 19.1. The third-order valence-corrected chi connectivity index (χ3v) is 7.62.